The van der Waals surface area contributed by atoms with Crippen molar-refractivity contribution in [1.29, 1.82) is 0 Å². The third-order valence-corrected chi connectivity index (χ3v) is 9.97. The summed E-state index contributed by atoms with van der Waals surface area (Å²) in [6.45, 7) is -0.555. The zero-order chi connectivity index (χ0) is 32.5. The van der Waals surface area contributed by atoms with Gasteiger partial charge in [-0.15, -0.1) is 0 Å². The van der Waals surface area contributed by atoms with E-state index < -0.39 is 34.3 Å². The van der Waals surface area contributed by atoms with Gasteiger partial charge >= 0.3 is 0 Å². The number of para-hydroxylation sites is 1. The van der Waals surface area contributed by atoms with Gasteiger partial charge in [-0.3, -0.25) is 13.9 Å². The first-order valence-electron chi connectivity index (χ1n) is 15.3. The van der Waals surface area contributed by atoms with Crippen molar-refractivity contribution in [1.82, 2.24) is 10.2 Å². The van der Waals surface area contributed by atoms with Gasteiger partial charge < -0.3 is 15.0 Å². The molecule has 0 radical (unpaired) electrons. The monoisotopic (exact) mass is 643 g/mol. The van der Waals surface area contributed by atoms with Crippen LogP contribution in [0.5, 0.6) is 5.75 Å². The number of nitrogens with one attached hydrogen (secondary N) is 1. The second-order valence-electron chi connectivity index (χ2n) is 11.4. The van der Waals surface area contributed by atoms with Gasteiger partial charge in [0.25, 0.3) is 10.0 Å². The molecule has 1 fully saturated rings. The van der Waals surface area contributed by atoms with Gasteiger partial charge in [0.2, 0.25) is 11.8 Å². The summed E-state index contributed by atoms with van der Waals surface area (Å²) in [6.07, 6.45) is 4.00. The third-order valence-electron chi connectivity index (χ3n) is 8.18. The fraction of sp³-hybridized carbons (Fsp3) is 0.278. The van der Waals surface area contributed by atoms with E-state index in [9.17, 15) is 22.4 Å². The summed E-state index contributed by atoms with van der Waals surface area (Å²) in [4.78, 5) is 29.9. The molecule has 0 aliphatic heterocycles. The van der Waals surface area contributed by atoms with Gasteiger partial charge in [-0.25, -0.2) is 12.8 Å². The number of halogens is 1. The molecule has 1 N–H and O–H groups in total. The van der Waals surface area contributed by atoms with Crippen molar-refractivity contribution >= 4 is 27.5 Å². The first kappa shape index (κ1) is 32.7. The van der Waals surface area contributed by atoms with Crippen molar-refractivity contribution in [2.45, 2.75) is 55.6 Å². The summed E-state index contributed by atoms with van der Waals surface area (Å²) in [5, 5.41) is 3.16. The number of carbonyl (C=O) groups is 2. The number of anilines is 1. The molecule has 4 aromatic carbocycles. The summed E-state index contributed by atoms with van der Waals surface area (Å²) < 4.78 is 48.2. The van der Waals surface area contributed by atoms with E-state index in [1.807, 2.05) is 36.4 Å². The van der Waals surface area contributed by atoms with E-state index in [2.05, 4.69) is 5.32 Å². The molecule has 0 aromatic heterocycles. The number of methoxy groups -OCH3 is 1. The van der Waals surface area contributed by atoms with Gasteiger partial charge in [-0.05, 0) is 72.5 Å². The molecule has 1 saturated carbocycles. The number of rotatable bonds is 13. The van der Waals surface area contributed by atoms with Crippen molar-refractivity contribution in [2.24, 2.45) is 0 Å². The highest BCUT2D eigenvalue weighted by Crippen LogP contribution is 2.26. The second-order valence-corrected chi connectivity index (χ2v) is 13.2. The van der Waals surface area contributed by atoms with Crippen LogP contribution in [0.15, 0.2) is 114 Å². The lowest BCUT2D eigenvalue weighted by Crippen LogP contribution is -2.54. The third kappa shape index (κ3) is 8.11. The smallest absolute Gasteiger partial charge is 0.264 e. The van der Waals surface area contributed by atoms with Gasteiger partial charge in [0.15, 0.2) is 0 Å². The minimum atomic E-state index is -4.31. The van der Waals surface area contributed by atoms with Crippen LogP contribution in [0.4, 0.5) is 10.1 Å². The molecule has 0 saturated heterocycles. The maximum atomic E-state index is 14.5. The lowest BCUT2D eigenvalue weighted by molar-refractivity contribution is -0.140. The van der Waals surface area contributed by atoms with E-state index in [0.29, 0.717) is 11.3 Å². The molecule has 2 amide bonds. The Morgan fingerprint density at radius 3 is 2.15 bits per heavy atom. The molecule has 1 aliphatic rings. The van der Waals surface area contributed by atoms with Crippen LogP contribution >= 0.6 is 0 Å². The fourth-order valence-electron chi connectivity index (χ4n) is 5.75. The average Bonchev–Trinajstić information content (AvgIpc) is 3.59. The summed E-state index contributed by atoms with van der Waals surface area (Å²) >= 11 is 0. The molecule has 46 heavy (non-hydrogen) atoms. The number of nitrogens with zero attached hydrogens (tertiary/aromatic N) is 2. The van der Waals surface area contributed by atoms with Crippen LogP contribution in [0.3, 0.4) is 0 Å². The Labute approximate surface area is 269 Å². The van der Waals surface area contributed by atoms with E-state index in [0.717, 1.165) is 47.7 Å². The minimum Gasteiger partial charge on any atom is -0.497 e. The van der Waals surface area contributed by atoms with E-state index in [4.69, 9.17) is 4.74 Å². The maximum absolute atomic E-state index is 14.5. The van der Waals surface area contributed by atoms with Gasteiger partial charge in [-0.1, -0.05) is 73.5 Å². The van der Waals surface area contributed by atoms with Crippen LogP contribution in [0.1, 0.15) is 36.8 Å². The summed E-state index contributed by atoms with van der Waals surface area (Å²) in [5.74, 6) is -0.855. The van der Waals surface area contributed by atoms with Crippen LogP contribution in [0.2, 0.25) is 0 Å². The predicted octanol–water partition coefficient (Wildman–Crippen LogP) is 5.73. The molecule has 0 spiro atoms. The van der Waals surface area contributed by atoms with Crippen LogP contribution < -0.4 is 14.4 Å². The molecule has 10 heteroatoms. The first-order valence-corrected chi connectivity index (χ1v) is 16.8. The lowest BCUT2D eigenvalue weighted by Gasteiger charge is -2.34. The van der Waals surface area contributed by atoms with Crippen molar-refractivity contribution in [2.75, 3.05) is 18.0 Å². The van der Waals surface area contributed by atoms with Gasteiger partial charge in [0, 0.05) is 19.0 Å². The largest absolute Gasteiger partial charge is 0.497 e. The van der Waals surface area contributed by atoms with Crippen LogP contribution in [-0.4, -0.2) is 50.9 Å². The summed E-state index contributed by atoms with van der Waals surface area (Å²) in [5.41, 5.74) is 1.83. The second kappa shape index (κ2) is 15.1. The summed E-state index contributed by atoms with van der Waals surface area (Å²) in [7, 11) is -2.76. The molecule has 8 nitrogen and oxygen atoms in total. The van der Waals surface area contributed by atoms with Crippen LogP contribution in [-0.2, 0) is 32.6 Å². The van der Waals surface area contributed by atoms with Crippen molar-refractivity contribution in [3.63, 3.8) is 0 Å². The molecule has 1 aliphatic carbocycles. The number of amides is 2. The number of ether oxygens (including phenoxy) is 1. The Balaban J connectivity index is 1.56. The van der Waals surface area contributed by atoms with Gasteiger partial charge in [-0.2, -0.15) is 0 Å². The van der Waals surface area contributed by atoms with Crippen LogP contribution in [0.25, 0.3) is 0 Å². The molecule has 5 rings (SSSR count). The summed E-state index contributed by atoms with van der Waals surface area (Å²) in [6, 6.07) is 28.5. The topological polar surface area (TPSA) is 96.0 Å². The number of sulfonamides is 1. The highest BCUT2D eigenvalue weighted by molar-refractivity contribution is 7.92. The molecular weight excluding hydrogens is 605 g/mol. The van der Waals surface area contributed by atoms with Crippen molar-refractivity contribution in [3.8, 4) is 5.75 Å². The molecule has 0 bridgehead atoms. The Kier molecular flexibility index (Phi) is 10.7. The molecule has 4 aromatic rings. The van der Waals surface area contributed by atoms with Crippen molar-refractivity contribution < 1.29 is 27.1 Å². The van der Waals surface area contributed by atoms with E-state index in [-0.39, 0.29) is 35.5 Å². The lowest BCUT2D eigenvalue weighted by atomic mass is 10.0. The Morgan fingerprint density at radius 2 is 1.50 bits per heavy atom. The SMILES string of the molecule is COc1cccc(CN(C(=O)CN(c2ccccc2)S(=O)(=O)c2ccc(F)cc2)C(Cc2ccccc2)C(=O)NC2CCCC2)c1. The van der Waals surface area contributed by atoms with Gasteiger partial charge in [0.1, 0.15) is 24.2 Å². The van der Waals surface area contributed by atoms with E-state index in [1.165, 1.54) is 17.0 Å². The standard InChI is InChI=1S/C36H38FN3O5S/c1-45-32-18-10-13-28(23-32)25-39(34(24-27-11-4-2-5-12-27)36(42)38-30-14-8-9-15-30)35(41)26-40(31-16-6-3-7-17-31)46(43,44)33-21-19-29(37)20-22-33/h2-7,10-13,16-23,30,34H,8-9,14-15,24-26H2,1H3,(H,38,42). The quantitative estimate of drug-likeness (QED) is 0.201. The highest BCUT2D eigenvalue weighted by Gasteiger charge is 2.35. The zero-order valence-electron chi connectivity index (χ0n) is 25.7. The number of hydrogen-bond acceptors (Lipinski definition) is 5. The zero-order valence-corrected chi connectivity index (χ0v) is 26.5. The van der Waals surface area contributed by atoms with Gasteiger partial charge in [0.05, 0.1) is 17.7 Å². The normalized spacial score (nSPS) is 14.0. The highest BCUT2D eigenvalue weighted by atomic mass is 32.2. The Bertz CT molecular complexity index is 1710. The van der Waals surface area contributed by atoms with Crippen molar-refractivity contribution in [3.05, 3.63) is 126 Å². The fourth-order valence-corrected chi connectivity index (χ4v) is 7.16. The molecule has 1 atom stereocenters. The average molecular weight is 644 g/mol. The molecular formula is C36H38FN3O5S. The number of carbonyl (C=O) groups excluding carboxylic acids is 2. The Morgan fingerprint density at radius 1 is 0.870 bits per heavy atom. The Hall–Kier alpha value is -4.70. The number of hydrogen-bond donors (Lipinski definition) is 1. The molecule has 0 heterocycles. The van der Waals surface area contributed by atoms with Crippen LogP contribution in [0, 0.1) is 5.82 Å². The maximum Gasteiger partial charge on any atom is 0.264 e. The first-order chi connectivity index (χ1) is 22.2. The molecule has 240 valence electrons. The van der Waals surface area contributed by atoms with E-state index in [1.54, 1.807) is 55.6 Å². The van der Waals surface area contributed by atoms with E-state index >= 15 is 0 Å². The predicted molar refractivity (Wildman–Crippen MR) is 175 cm³/mol. The molecule has 1 unspecified atom stereocenters. The minimum absolute atomic E-state index is 0.0132. The number of benzene rings is 4.